The second kappa shape index (κ2) is 7.32. The van der Waals surface area contributed by atoms with E-state index in [2.05, 4.69) is 5.16 Å². The second-order valence-electron chi connectivity index (χ2n) is 5.69. The van der Waals surface area contributed by atoms with Gasteiger partial charge in [0.2, 0.25) is 6.10 Å². The molecule has 1 aromatic rings. The van der Waals surface area contributed by atoms with Gasteiger partial charge in [-0.05, 0) is 45.9 Å². The van der Waals surface area contributed by atoms with E-state index in [-0.39, 0.29) is 16.3 Å². The Balaban J connectivity index is 2.94. The number of rotatable bonds is 5. The fourth-order valence-corrected chi connectivity index (χ4v) is 1.61. The number of oxime groups is 1. The van der Waals surface area contributed by atoms with Gasteiger partial charge in [0.25, 0.3) is 0 Å². The lowest BCUT2D eigenvalue weighted by atomic mass is 10.1. The molecule has 0 aliphatic carbocycles. The van der Waals surface area contributed by atoms with Gasteiger partial charge in [0.05, 0.1) is 5.02 Å². The van der Waals surface area contributed by atoms with Crippen LogP contribution in [0.1, 0.15) is 33.3 Å². The molecular weight excluding hydrogens is 326 g/mol. The van der Waals surface area contributed by atoms with Crippen LogP contribution in [0.25, 0.3) is 0 Å². The Hall–Kier alpha value is -2.28. The lowest BCUT2D eigenvalue weighted by Crippen LogP contribution is -2.31. The summed E-state index contributed by atoms with van der Waals surface area (Å²) in [7, 11) is 0. The number of phenols is 1. The molecule has 0 amide bonds. The average molecular weight is 344 g/mol. The van der Waals surface area contributed by atoms with Gasteiger partial charge in [-0.3, -0.25) is 0 Å². The number of carboxylic acid groups (broad SMARTS) is 1. The number of carboxylic acids is 1. The number of halogens is 1. The smallest absolute Gasteiger partial charge is 0.358 e. The van der Waals surface area contributed by atoms with E-state index in [1.807, 2.05) is 0 Å². The molecule has 0 aliphatic heterocycles. The molecule has 7 nitrogen and oxygen atoms in total. The third-order valence-electron chi connectivity index (χ3n) is 2.46. The summed E-state index contributed by atoms with van der Waals surface area (Å²) in [4.78, 5) is 28.0. The van der Waals surface area contributed by atoms with E-state index in [1.54, 1.807) is 20.8 Å². The maximum atomic E-state index is 11.8. The largest absolute Gasteiger partial charge is 0.506 e. The van der Waals surface area contributed by atoms with E-state index < -0.39 is 29.4 Å². The van der Waals surface area contributed by atoms with Crippen molar-refractivity contribution >= 4 is 29.3 Å². The summed E-state index contributed by atoms with van der Waals surface area (Å²) in [5.74, 6) is -2.24. The Morgan fingerprint density at radius 3 is 2.39 bits per heavy atom. The first kappa shape index (κ1) is 18.8. The van der Waals surface area contributed by atoms with Crippen molar-refractivity contribution in [2.75, 3.05) is 0 Å². The summed E-state index contributed by atoms with van der Waals surface area (Å²) >= 11 is 5.74. The summed E-state index contributed by atoms with van der Waals surface area (Å²) in [6, 6.07) is 3.77. The van der Waals surface area contributed by atoms with Crippen molar-refractivity contribution < 1.29 is 29.4 Å². The number of hydrogen-bond donors (Lipinski definition) is 2. The van der Waals surface area contributed by atoms with Gasteiger partial charge in [0.15, 0.2) is 5.71 Å². The van der Waals surface area contributed by atoms with Gasteiger partial charge in [-0.25, -0.2) is 9.59 Å². The second-order valence-corrected chi connectivity index (χ2v) is 6.10. The quantitative estimate of drug-likeness (QED) is 0.483. The molecule has 1 aromatic carbocycles. The summed E-state index contributed by atoms with van der Waals surface area (Å²) in [5.41, 5.74) is -1.03. The topological polar surface area (TPSA) is 105 Å². The molecule has 1 unspecified atom stereocenters. The summed E-state index contributed by atoms with van der Waals surface area (Å²) in [6.45, 7) is 6.48. The Morgan fingerprint density at radius 2 is 1.91 bits per heavy atom. The van der Waals surface area contributed by atoms with E-state index in [4.69, 9.17) is 21.2 Å². The highest BCUT2D eigenvalue weighted by Gasteiger charge is 2.24. The highest BCUT2D eigenvalue weighted by atomic mass is 35.5. The highest BCUT2D eigenvalue weighted by Crippen LogP contribution is 2.24. The maximum Gasteiger partial charge on any atom is 0.358 e. The number of carbonyl (C=O) groups excluding carboxylic acids is 1. The number of carbonyl (C=O) groups is 2. The van der Waals surface area contributed by atoms with E-state index in [9.17, 15) is 19.8 Å². The Bertz CT molecular complexity index is 635. The van der Waals surface area contributed by atoms with E-state index >= 15 is 0 Å². The molecule has 0 saturated carbocycles. The molecule has 1 atom stereocenters. The van der Waals surface area contributed by atoms with Crippen LogP contribution < -0.4 is 0 Å². The number of ether oxygens (including phenoxy) is 1. The van der Waals surface area contributed by atoms with Crippen molar-refractivity contribution in [1.29, 1.82) is 0 Å². The highest BCUT2D eigenvalue weighted by molar-refractivity contribution is 6.43. The van der Waals surface area contributed by atoms with Gasteiger partial charge in [-0.1, -0.05) is 16.8 Å². The molecule has 0 spiro atoms. The molecule has 1 rings (SSSR count). The fourth-order valence-electron chi connectivity index (χ4n) is 1.43. The number of benzene rings is 1. The van der Waals surface area contributed by atoms with Gasteiger partial charge in [0, 0.05) is 5.56 Å². The normalized spacial score (nSPS) is 13.3. The standard InChI is InChI=1S/C15H18ClNO6/c1-8(14(21)22-15(2,3)4)23-17-12(13(19)20)9-5-6-11(18)10(16)7-9/h5-8,18H,1-4H3,(H,19,20). The lowest BCUT2D eigenvalue weighted by molar-refractivity contribution is -0.167. The number of phenolic OH excluding ortho intramolecular Hbond substituents is 1. The Labute approximate surface area is 138 Å². The first-order chi connectivity index (χ1) is 10.5. The van der Waals surface area contributed by atoms with E-state index in [1.165, 1.54) is 25.1 Å². The molecule has 0 aliphatic rings. The molecule has 2 N–H and O–H groups in total. The zero-order chi connectivity index (χ0) is 17.8. The minimum Gasteiger partial charge on any atom is -0.506 e. The first-order valence-corrected chi connectivity index (χ1v) is 7.08. The summed E-state index contributed by atoms with van der Waals surface area (Å²) < 4.78 is 5.10. The van der Waals surface area contributed by atoms with E-state index in [0.717, 1.165) is 0 Å². The molecule has 0 aromatic heterocycles. The van der Waals surface area contributed by atoms with Crippen LogP contribution in [0.3, 0.4) is 0 Å². The van der Waals surface area contributed by atoms with Crippen LogP contribution in [0.15, 0.2) is 23.4 Å². The van der Waals surface area contributed by atoms with Crippen LogP contribution in [0.2, 0.25) is 5.02 Å². The van der Waals surface area contributed by atoms with Crippen molar-refractivity contribution in [3.63, 3.8) is 0 Å². The molecular formula is C15H18ClNO6. The molecule has 0 fully saturated rings. The minimum absolute atomic E-state index is 0.0309. The number of hydrogen-bond acceptors (Lipinski definition) is 6. The summed E-state index contributed by atoms with van der Waals surface area (Å²) in [6.07, 6.45) is -1.09. The molecule has 0 saturated heterocycles. The third kappa shape index (κ3) is 5.78. The van der Waals surface area contributed by atoms with Gasteiger partial charge in [0.1, 0.15) is 11.4 Å². The molecule has 8 heteroatoms. The molecule has 0 heterocycles. The zero-order valence-electron chi connectivity index (χ0n) is 13.2. The zero-order valence-corrected chi connectivity index (χ0v) is 13.9. The minimum atomic E-state index is -1.37. The molecule has 0 radical (unpaired) electrons. The molecule has 126 valence electrons. The maximum absolute atomic E-state index is 11.8. The van der Waals surface area contributed by atoms with Crippen LogP contribution in [-0.2, 0) is 19.2 Å². The first-order valence-electron chi connectivity index (χ1n) is 6.70. The van der Waals surface area contributed by atoms with Crippen LogP contribution in [0.4, 0.5) is 0 Å². The lowest BCUT2D eigenvalue weighted by Gasteiger charge is -2.21. The number of aliphatic carboxylic acids is 1. The number of esters is 1. The van der Waals surface area contributed by atoms with Crippen LogP contribution in [-0.4, -0.2) is 39.6 Å². The van der Waals surface area contributed by atoms with Crippen molar-refractivity contribution in [3.8, 4) is 5.75 Å². The van der Waals surface area contributed by atoms with E-state index in [0.29, 0.717) is 0 Å². The van der Waals surface area contributed by atoms with Gasteiger partial charge in [-0.2, -0.15) is 0 Å². The Morgan fingerprint density at radius 1 is 1.30 bits per heavy atom. The third-order valence-corrected chi connectivity index (χ3v) is 2.77. The number of aromatic hydroxyl groups is 1. The summed E-state index contributed by atoms with van der Waals surface area (Å²) in [5, 5.41) is 22.0. The van der Waals surface area contributed by atoms with Crippen molar-refractivity contribution in [3.05, 3.63) is 28.8 Å². The monoisotopic (exact) mass is 343 g/mol. The fraction of sp³-hybridized carbons (Fsp3) is 0.400. The van der Waals surface area contributed by atoms with Crippen molar-refractivity contribution in [1.82, 2.24) is 0 Å². The van der Waals surface area contributed by atoms with Gasteiger partial charge in [-0.15, -0.1) is 0 Å². The average Bonchev–Trinajstić information content (AvgIpc) is 2.40. The Kier molecular flexibility index (Phi) is 5.98. The molecule has 23 heavy (non-hydrogen) atoms. The van der Waals surface area contributed by atoms with Crippen molar-refractivity contribution in [2.45, 2.75) is 39.4 Å². The molecule has 0 bridgehead atoms. The predicted octanol–water partition coefficient (Wildman–Crippen LogP) is 2.58. The van der Waals surface area contributed by atoms with Gasteiger partial charge >= 0.3 is 11.9 Å². The van der Waals surface area contributed by atoms with Crippen LogP contribution >= 0.6 is 11.6 Å². The van der Waals surface area contributed by atoms with Crippen LogP contribution in [0, 0.1) is 0 Å². The number of nitrogens with zero attached hydrogens (tertiary/aromatic N) is 1. The van der Waals surface area contributed by atoms with Gasteiger partial charge < -0.3 is 19.8 Å². The van der Waals surface area contributed by atoms with Crippen LogP contribution in [0.5, 0.6) is 5.75 Å². The van der Waals surface area contributed by atoms with Crippen molar-refractivity contribution in [2.24, 2.45) is 5.16 Å². The SMILES string of the molecule is CC(ON=C(C(=O)O)c1ccc(O)c(Cl)c1)C(=O)OC(C)(C)C. The predicted molar refractivity (Wildman–Crippen MR) is 83.7 cm³/mol.